The lowest BCUT2D eigenvalue weighted by Gasteiger charge is -2.13. The van der Waals surface area contributed by atoms with Gasteiger partial charge < -0.3 is 15.8 Å². The van der Waals surface area contributed by atoms with Crippen molar-refractivity contribution in [2.24, 2.45) is 5.73 Å². The standard InChI is InChI=1S/C22H27N5O2/c1-4-20-21(22(28)24-14-19(23)16-8-6-5-7-9-16)25-26-27(20)17-10-12-18(13-11-17)29-15(2)3/h5-13,15,19H,4,14,23H2,1-3H3,(H,24,28). The predicted octanol–water partition coefficient (Wildman–Crippen LogP) is 3.05. The van der Waals surface area contributed by atoms with Gasteiger partial charge in [0.25, 0.3) is 5.91 Å². The molecule has 1 heterocycles. The number of carbonyl (C=O) groups excluding carboxylic acids is 1. The van der Waals surface area contributed by atoms with Gasteiger partial charge >= 0.3 is 0 Å². The molecule has 3 rings (SSSR count). The lowest BCUT2D eigenvalue weighted by atomic mass is 10.1. The molecule has 1 amide bonds. The van der Waals surface area contributed by atoms with Crippen LogP contribution in [0.5, 0.6) is 5.75 Å². The third-order valence-corrected chi connectivity index (χ3v) is 4.48. The summed E-state index contributed by atoms with van der Waals surface area (Å²) in [5.41, 5.74) is 9.02. The fraction of sp³-hybridized carbons (Fsp3) is 0.318. The molecule has 0 saturated heterocycles. The minimum Gasteiger partial charge on any atom is -0.491 e. The summed E-state index contributed by atoms with van der Waals surface area (Å²) in [6.45, 7) is 6.25. The number of benzene rings is 2. The predicted molar refractivity (Wildman–Crippen MR) is 112 cm³/mol. The quantitative estimate of drug-likeness (QED) is 0.613. The smallest absolute Gasteiger partial charge is 0.273 e. The van der Waals surface area contributed by atoms with E-state index in [1.165, 1.54) is 0 Å². The maximum absolute atomic E-state index is 12.7. The number of rotatable bonds is 8. The first-order valence-corrected chi connectivity index (χ1v) is 9.80. The van der Waals surface area contributed by atoms with Gasteiger partial charge in [0.05, 0.1) is 17.5 Å². The number of hydrogen-bond donors (Lipinski definition) is 2. The Morgan fingerprint density at radius 3 is 2.45 bits per heavy atom. The van der Waals surface area contributed by atoms with Crippen LogP contribution in [0.3, 0.4) is 0 Å². The number of hydrogen-bond acceptors (Lipinski definition) is 5. The summed E-state index contributed by atoms with van der Waals surface area (Å²) in [5, 5.41) is 11.2. The van der Waals surface area contributed by atoms with Gasteiger partial charge in [0.2, 0.25) is 0 Å². The zero-order chi connectivity index (χ0) is 20.8. The summed E-state index contributed by atoms with van der Waals surface area (Å²) in [5.74, 6) is 0.508. The number of nitrogens with zero attached hydrogens (tertiary/aromatic N) is 3. The van der Waals surface area contributed by atoms with Gasteiger partial charge in [-0.2, -0.15) is 0 Å². The molecule has 1 aromatic heterocycles. The molecule has 3 N–H and O–H groups in total. The van der Waals surface area contributed by atoms with Crippen molar-refractivity contribution in [1.29, 1.82) is 0 Å². The van der Waals surface area contributed by atoms with Crippen LogP contribution >= 0.6 is 0 Å². The van der Waals surface area contributed by atoms with E-state index in [1.807, 2.05) is 75.4 Å². The number of nitrogens with two attached hydrogens (primary N) is 1. The molecule has 0 bridgehead atoms. The zero-order valence-corrected chi connectivity index (χ0v) is 17.0. The lowest BCUT2D eigenvalue weighted by Crippen LogP contribution is -2.32. The van der Waals surface area contributed by atoms with Crippen LogP contribution in [0.1, 0.15) is 48.6 Å². The van der Waals surface area contributed by atoms with Crippen LogP contribution in [0.25, 0.3) is 5.69 Å². The topological polar surface area (TPSA) is 95.1 Å². The van der Waals surface area contributed by atoms with Crippen molar-refractivity contribution in [3.05, 3.63) is 71.5 Å². The Labute approximate surface area is 170 Å². The molecule has 7 heteroatoms. The summed E-state index contributed by atoms with van der Waals surface area (Å²) < 4.78 is 7.36. The fourth-order valence-corrected chi connectivity index (χ4v) is 3.05. The molecule has 0 aliphatic heterocycles. The summed E-state index contributed by atoms with van der Waals surface area (Å²) >= 11 is 0. The van der Waals surface area contributed by atoms with Crippen molar-refractivity contribution >= 4 is 5.91 Å². The molecule has 3 aromatic rings. The highest BCUT2D eigenvalue weighted by atomic mass is 16.5. The maximum Gasteiger partial charge on any atom is 0.273 e. The zero-order valence-electron chi connectivity index (χ0n) is 17.0. The molecule has 2 aromatic carbocycles. The van der Waals surface area contributed by atoms with Gasteiger partial charge in [0.1, 0.15) is 5.75 Å². The van der Waals surface area contributed by atoms with Crippen molar-refractivity contribution in [3.8, 4) is 11.4 Å². The number of carbonyl (C=O) groups is 1. The second-order valence-corrected chi connectivity index (χ2v) is 7.04. The van der Waals surface area contributed by atoms with E-state index in [0.717, 1.165) is 22.7 Å². The lowest BCUT2D eigenvalue weighted by molar-refractivity contribution is 0.0945. The van der Waals surface area contributed by atoms with E-state index in [9.17, 15) is 4.79 Å². The van der Waals surface area contributed by atoms with E-state index < -0.39 is 0 Å². The van der Waals surface area contributed by atoms with E-state index in [1.54, 1.807) is 4.68 Å². The van der Waals surface area contributed by atoms with Crippen LogP contribution in [-0.2, 0) is 6.42 Å². The van der Waals surface area contributed by atoms with Crippen LogP contribution in [0, 0.1) is 0 Å². The van der Waals surface area contributed by atoms with Crippen molar-refractivity contribution in [2.75, 3.05) is 6.54 Å². The molecule has 29 heavy (non-hydrogen) atoms. The third kappa shape index (κ3) is 5.00. The van der Waals surface area contributed by atoms with Crippen molar-refractivity contribution in [3.63, 3.8) is 0 Å². The minimum atomic E-state index is -0.284. The van der Waals surface area contributed by atoms with E-state index in [4.69, 9.17) is 10.5 Å². The average Bonchev–Trinajstić information content (AvgIpc) is 3.16. The van der Waals surface area contributed by atoms with Crippen LogP contribution in [0.15, 0.2) is 54.6 Å². The summed E-state index contributed by atoms with van der Waals surface area (Å²) in [6.07, 6.45) is 0.723. The van der Waals surface area contributed by atoms with Gasteiger partial charge in [-0.3, -0.25) is 4.79 Å². The SMILES string of the molecule is CCc1c(C(=O)NCC(N)c2ccccc2)nnn1-c1ccc(OC(C)C)cc1. The summed E-state index contributed by atoms with van der Waals surface area (Å²) in [7, 11) is 0. The van der Waals surface area contributed by atoms with E-state index >= 15 is 0 Å². The average molecular weight is 393 g/mol. The second-order valence-electron chi connectivity index (χ2n) is 7.04. The van der Waals surface area contributed by atoms with Gasteiger partial charge in [-0.1, -0.05) is 42.5 Å². The van der Waals surface area contributed by atoms with Gasteiger partial charge in [-0.15, -0.1) is 5.10 Å². The Kier molecular flexibility index (Phi) is 6.61. The number of ether oxygens (including phenoxy) is 1. The number of nitrogens with one attached hydrogen (secondary N) is 1. The largest absolute Gasteiger partial charge is 0.491 e. The molecule has 0 fully saturated rings. The molecular formula is C22H27N5O2. The molecule has 0 spiro atoms. The maximum atomic E-state index is 12.7. The fourth-order valence-electron chi connectivity index (χ4n) is 3.05. The van der Waals surface area contributed by atoms with Crippen LogP contribution in [0.2, 0.25) is 0 Å². The number of amides is 1. The monoisotopic (exact) mass is 393 g/mol. The first-order chi connectivity index (χ1) is 14.0. The Morgan fingerprint density at radius 2 is 1.83 bits per heavy atom. The molecule has 0 aliphatic rings. The van der Waals surface area contributed by atoms with Crippen LogP contribution in [-0.4, -0.2) is 33.5 Å². The molecule has 7 nitrogen and oxygen atoms in total. The van der Waals surface area contributed by atoms with Crippen molar-refractivity contribution in [1.82, 2.24) is 20.3 Å². The summed E-state index contributed by atoms with van der Waals surface area (Å²) in [4.78, 5) is 12.7. The Bertz CT molecular complexity index is 936. The van der Waals surface area contributed by atoms with E-state index in [-0.39, 0.29) is 18.1 Å². The highest BCUT2D eigenvalue weighted by Crippen LogP contribution is 2.19. The first-order valence-electron chi connectivity index (χ1n) is 9.80. The highest BCUT2D eigenvalue weighted by Gasteiger charge is 2.20. The minimum absolute atomic E-state index is 0.107. The van der Waals surface area contributed by atoms with Crippen LogP contribution in [0.4, 0.5) is 0 Å². The molecule has 1 unspecified atom stereocenters. The molecular weight excluding hydrogens is 366 g/mol. The van der Waals surface area contributed by atoms with Crippen molar-refractivity contribution in [2.45, 2.75) is 39.3 Å². The second kappa shape index (κ2) is 9.34. The summed E-state index contributed by atoms with van der Waals surface area (Å²) in [6, 6.07) is 17.0. The van der Waals surface area contributed by atoms with Gasteiger partial charge in [-0.05, 0) is 50.1 Å². The molecule has 0 radical (unpaired) electrons. The Morgan fingerprint density at radius 1 is 1.14 bits per heavy atom. The molecule has 0 saturated carbocycles. The molecule has 152 valence electrons. The van der Waals surface area contributed by atoms with E-state index in [0.29, 0.717) is 18.7 Å². The third-order valence-electron chi connectivity index (χ3n) is 4.48. The van der Waals surface area contributed by atoms with E-state index in [2.05, 4.69) is 15.6 Å². The van der Waals surface area contributed by atoms with Crippen LogP contribution < -0.4 is 15.8 Å². The molecule has 0 aliphatic carbocycles. The highest BCUT2D eigenvalue weighted by molar-refractivity contribution is 5.93. The Balaban J connectivity index is 1.72. The van der Waals surface area contributed by atoms with Gasteiger partial charge in [0, 0.05) is 12.6 Å². The number of aromatic nitrogens is 3. The normalized spacial score (nSPS) is 12.0. The molecule has 1 atom stereocenters. The van der Waals surface area contributed by atoms with Crippen molar-refractivity contribution < 1.29 is 9.53 Å². The first kappa shape index (κ1) is 20.5. The van der Waals surface area contributed by atoms with Gasteiger partial charge in [0.15, 0.2) is 5.69 Å². The Hall–Kier alpha value is -3.19. The van der Waals surface area contributed by atoms with Gasteiger partial charge in [-0.25, -0.2) is 4.68 Å².